The molecule has 3 heteroatoms. The van der Waals surface area contributed by atoms with Crippen LogP contribution in [0, 0.1) is 0 Å². The van der Waals surface area contributed by atoms with Crippen LogP contribution in [0.4, 0.5) is 0 Å². The normalized spacial score (nSPS) is 21.4. The van der Waals surface area contributed by atoms with E-state index in [0.717, 1.165) is 19.3 Å². The molecule has 0 aliphatic heterocycles. The summed E-state index contributed by atoms with van der Waals surface area (Å²) in [6, 6.07) is 0.473. The maximum atomic E-state index is 11.5. The van der Waals surface area contributed by atoms with Crippen LogP contribution in [0.15, 0.2) is 12.2 Å². The second-order valence-corrected chi connectivity index (χ2v) is 5.16. The van der Waals surface area contributed by atoms with Crippen molar-refractivity contribution in [2.24, 2.45) is 0 Å². The number of nitrogens with one attached hydrogen (secondary N) is 2. The molecule has 0 aromatic carbocycles. The minimum absolute atomic E-state index is 0.0806. The molecular weight excluding hydrogens is 188 g/mol. The Morgan fingerprint density at radius 3 is 2.67 bits per heavy atom. The Balaban J connectivity index is 2.19. The van der Waals surface area contributed by atoms with E-state index in [9.17, 15) is 4.79 Å². The molecule has 1 atom stereocenters. The van der Waals surface area contributed by atoms with Crippen molar-refractivity contribution in [3.05, 3.63) is 12.2 Å². The van der Waals surface area contributed by atoms with Crippen molar-refractivity contribution in [2.45, 2.75) is 51.6 Å². The highest BCUT2D eigenvalue weighted by molar-refractivity contribution is 5.78. The van der Waals surface area contributed by atoms with E-state index >= 15 is 0 Å². The molecule has 0 aromatic heterocycles. The van der Waals surface area contributed by atoms with Gasteiger partial charge in [0.2, 0.25) is 5.91 Å². The molecule has 2 N–H and O–H groups in total. The first-order valence-electron chi connectivity index (χ1n) is 5.67. The highest BCUT2D eigenvalue weighted by Crippen LogP contribution is 2.09. The summed E-state index contributed by atoms with van der Waals surface area (Å²) in [5.74, 6) is 0.0806. The first-order valence-corrected chi connectivity index (χ1v) is 5.67. The first-order chi connectivity index (χ1) is 6.97. The largest absolute Gasteiger partial charge is 0.350 e. The molecule has 0 radical (unpaired) electrons. The van der Waals surface area contributed by atoms with Gasteiger partial charge in [0.15, 0.2) is 0 Å². The number of rotatable bonds is 3. The van der Waals surface area contributed by atoms with Gasteiger partial charge in [-0.1, -0.05) is 12.2 Å². The Hall–Kier alpha value is -0.830. The van der Waals surface area contributed by atoms with Crippen LogP contribution in [-0.4, -0.2) is 24.0 Å². The van der Waals surface area contributed by atoms with Gasteiger partial charge in [-0.15, -0.1) is 0 Å². The van der Waals surface area contributed by atoms with Crippen molar-refractivity contribution in [1.29, 1.82) is 0 Å². The van der Waals surface area contributed by atoms with Crippen LogP contribution in [0.5, 0.6) is 0 Å². The highest BCUT2D eigenvalue weighted by atomic mass is 16.2. The zero-order valence-corrected chi connectivity index (χ0v) is 9.97. The molecule has 1 unspecified atom stereocenters. The summed E-state index contributed by atoms with van der Waals surface area (Å²) in [6.45, 7) is 6.41. The third-order valence-corrected chi connectivity index (χ3v) is 2.33. The van der Waals surface area contributed by atoms with Crippen molar-refractivity contribution < 1.29 is 4.79 Å². The summed E-state index contributed by atoms with van der Waals surface area (Å²) in [5.41, 5.74) is -0.134. The summed E-state index contributed by atoms with van der Waals surface area (Å²) >= 11 is 0. The first kappa shape index (κ1) is 12.2. The zero-order valence-electron chi connectivity index (χ0n) is 9.97. The van der Waals surface area contributed by atoms with Crippen molar-refractivity contribution in [1.82, 2.24) is 10.6 Å². The van der Waals surface area contributed by atoms with E-state index in [1.165, 1.54) is 0 Å². The van der Waals surface area contributed by atoms with E-state index in [0.29, 0.717) is 12.6 Å². The topological polar surface area (TPSA) is 41.1 Å². The van der Waals surface area contributed by atoms with Crippen LogP contribution in [0.2, 0.25) is 0 Å². The molecule has 86 valence electrons. The van der Waals surface area contributed by atoms with Crippen LogP contribution in [-0.2, 0) is 4.79 Å². The Morgan fingerprint density at radius 2 is 2.13 bits per heavy atom. The smallest absolute Gasteiger partial charge is 0.234 e. The summed E-state index contributed by atoms with van der Waals surface area (Å²) < 4.78 is 0. The Labute approximate surface area is 92.3 Å². The highest BCUT2D eigenvalue weighted by Gasteiger charge is 2.15. The van der Waals surface area contributed by atoms with E-state index < -0.39 is 0 Å². The lowest BCUT2D eigenvalue weighted by molar-refractivity contribution is -0.121. The predicted octanol–water partition coefficient (Wildman–Crippen LogP) is 1.60. The van der Waals surface area contributed by atoms with Gasteiger partial charge in [-0.2, -0.15) is 0 Å². The average Bonchev–Trinajstić information content (AvgIpc) is 2.14. The molecule has 1 aliphatic carbocycles. The Bertz CT molecular complexity index is 240. The number of hydrogen-bond donors (Lipinski definition) is 2. The molecule has 15 heavy (non-hydrogen) atoms. The number of amides is 1. The molecule has 0 saturated heterocycles. The lowest BCUT2D eigenvalue weighted by atomic mass is 10.0. The third-order valence-electron chi connectivity index (χ3n) is 2.33. The number of carbonyl (C=O) groups is 1. The van der Waals surface area contributed by atoms with Crippen LogP contribution in [0.3, 0.4) is 0 Å². The van der Waals surface area contributed by atoms with Gasteiger partial charge >= 0.3 is 0 Å². The van der Waals surface area contributed by atoms with E-state index in [-0.39, 0.29) is 11.4 Å². The molecule has 1 rings (SSSR count). The van der Waals surface area contributed by atoms with Crippen LogP contribution < -0.4 is 10.6 Å². The molecular formula is C12H22N2O. The summed E-state index contributed by atoms with van der Waals surface area (Å²) in [6.07, 6.45) is 7.69. The van der Waals surface area contributed by atoms with Crippen molar-refractivity contribution in [3.8, 4) is 0 Å². The Kier molecular flexibility index (Phi) is 4.33. The maximum Gasteiger partial charge on any atom is 0.234 e. The third kappa shape index (κ3) is 5.57. The van der Waals surface area contributed by atoms with Crippen molar-refractivity contribution >= 4 is 5.91 Å². The van der Waals surface area contributed by atoms with Crippen molar-refractivity contribution in [2.75, 3.05) is 6.54 Å². The van der Waals surface area contributed by atoms with E-state index in [4.69, 9.17) is 0 Å². The summed E-state index contributed by atoms with van der Waals surface area (Å²) in [4.78, 5) is 11.5. The molecule has 0 saturated carbocycles. The second kappa shape index (κ2) is 5.31. The number of allylic oxidation sites excluding steroid dienone is 1. The van der Waals surface area contributed by atoms with Crippen molar-refractivity contribution in [3.63, 3.8) is 0 Å². The molecule has 0 spiro atoms. The summed E-state index contributed by atoms with van der Waals surface area (Å²) in [7, 11) is 0. The molecule has 3 nitrogen and oxygen atoms in total. The van der Waals surface area contributed by atoms with Crippen LogP contribution >= 0.6 is 0 Å². The van der Waals surface area contributed by atoms with Gasteiger partial charge in [-0.3, -0.25) is 4.79 Å². The fourth-order valence-electron chi connectivity index (χ4n) is 1.68. The zero-order chi connectivity index (χ0) is 11.3. The minimum Gasteiger partial charge on any atom is -0.350 e. The molecule has 1 amide bonds. The van der Waals surface area contributed by atoms with E-state index in [2.05, 4.69) is 22.8 Å². The lowest BCUT2D eigenvalue weighted by Gasteiger charge is -2.23. The number of hydrogen-bond acceptors (Lipinski definition) is 2. The van der Waals surface area contributed by atoms with Crippen LogP contribution in [0.1, 0.15) is 40.0 Å². The van der Waals surface area contributed by atoms with E-state index in [1.807, 2.05) is 20.8 Å². The molecule has 0 heterocycles. The van der Waals surface area contributed by atoms with Gasteiger partial charge in [0.1, 0.15) is 0 Å². The SMILES string of the molecule is CC(C)(C)NC(=O)CNC1CC=CCC1. The standard InChI is InChI=1S/C12H22N2O/c1-12(2,3)14-11(15)9-13-10-7-5-4-6-8-10/h4-5,10,13H,6-9H2,1-3H3,(H,14,15). The Morgan fingerprint density at radius 1 is 1.40 bits per heavy atom. The molecule has 0 aromatic rings. The molecule has 0 fully saturated rings. The van der Waals surface area contributed by atoms with Gasteiger partial charge in [0.25, 0.3) is 0 Å². The van der Waals surface area contributed by atoms with E-state index in [1.54, 1.807) is 0 Å². The van der Waals surface area contributed by atoms with Gasteiger partial charge in [-0.25, -0.2) is 0 Å². The predicted molar refractivity (Wildman–Crippen MR) is 62.7 cm³/mol. The van der Waals surface area contributed by atoms with Crippen LogP contribution in [0.25, 0.3) is 0 Å². The molecule has 1 aliphatic rings. The lowest BCUT2D eigenvalue weighted by Crippen LogP contribution is -2.46. The molecule has 0 bridgehead atoms. The fraction of sp³-hybridized carbons (Fsp3) is 0.750. The number of carbonyl (C=O) groups excluding carboxylic acids is 1. The second-order valence-electron chi connectivity index (χ2n) is 5.16. The van der Waals surface area contributed by atoms with Gasteiger partial charge in [0.05, 0.1) is 6.54 Å². The van der Waals surface area contributed by atoms with Gasteiger partial charge in [-0.05, 0) is 40.0 Å². The monoisotopic (exact) mass is 210 g/mol. The van der Waals surface area contributed by atoms with Gasteiger partial charge < -0.3 is 10.6 Å². The fourth-order valence-corrected chi connectivity index (χ4v) is 1.68. The quantitative estimate of drug-likeness (QED) is 0.695. The maximum absolute atomic E-state index is 11.5. The summed E-state index contributed by atoms with van der Waals surface area (Å²) in [5, 5.41) is 6.22. The average molecular weight is 210 g/mol. The minimum atomic E-state index is -0.134. The van der Waals surface area contributed by atoms with Gasteiger partial charge in [0, 0.05) is 11.6 Å².